The molecule has 0 amide bonds. The molecule has 1 nitrogen and oxygen atoms in total. The quantitative estimate of drug-likeness (QED) is 0.698. The lowest BCUT2D eigenvalue weighted by molar-refractivity contribution is 0.376. The Bertz CT molecular complexity index is 419. The topological polar surface area (TPSA) is 23.8 Å². The first-order valence-electron chi connectivity index (χ1n) is 6.11. The first-order valence-corrected chi connectivity index (χ1v) is 6.11. The molecule has 0 atom stereocenters. The molecule has 0 unspecified atom stereocenters. The van der Waals surface area contributed by atoms with Crippen LogP contribution in [0.4, 0.5) is 4.39 Å². The minimum absolute atomic E-state index is 0.167. The molecule has 0 radical (unpaired) electrons. The van der Waals surface area contributed by atoms with Gasteiger partial charge in [0.15, 0.2) is 0 Å². The zero-order valence-corrected chi connectivity index (χ0v) is 9.77. The highest BCUT2D eigenvalue weighted by molar-refractivity contribution is 5.21. The van der Waals surface area contributed by atoms with Crippen LogP contribution in [0.25, 0.3) is 0 Å². The van der Waals surface area contributed by atoms with Crippen molar-refractivity contribution in [3.8, 4) is 6.07 Å². The zero-order valence-electron chi connectivity index (χ0n) is 9.77. The number of halogens is 1. The van der Waals surface area contributed by atoms with Crippen LogP contribution in [0.15, 0.2) is 36.4 Å². The molecule has 2 heteroatoms. The van der Waals surface area contributed by atoms with Gasteiger partial charge in [-0.2, -0.15) is 5.26 Å². The van der Waals surface area contributed by atoms with E-state index in [4.69, 9.17) is 5.26 Å². The van der Waals surface area contributed by atoms with Gasteiger partial charge in [-0.1, -0.05) is 18.2 Å². The molecular formula is C15H16FN. The van der Waals surface area contributed by atoms with Gasteiger partial charge in [-0.15, -0.1) is 0 Å². The van der Waals surface area contributed by atoms with Crippen molar-refractivity contribution in [2.24, 2.45) is 5.92 Å². The molecule has 1 saturated carbocycles. The second-order valence-corrected chi connectivity index (χ2v) is 4.65. The van der Waals surface area contributed by atoms with E-state index in [2.05, 4.69) is 0 Å². The fraction of sp³-hybridized carbons (Fsp3) is 0.400. The molecule has 0 spiro atoms. The lowest BCUT2D eigenvalue weighted by Gasteiger charge is -2.26. The molecule has 1 fully saturated rings. The maximum atomic E-state index is 12.8. The van der Waals surface area contributed by atoms with E-state index < -0.39 is 0 Å². The molecule has 0 aliphatic heterocycles. The van der Waals surface area contributed by atoms with Gasteiger partial charge in [0.2, 0.25) is 0 Å². The number of benzene rings is 1. The maximum absolute atomic E-state index is 12.8. The Kier molecular flexibility index (Phi) is 3.93. The number of hydrogen-bond acceptors (Lipinski definition) is 1. The third-order valence-electron chi connectivity index (χ3n) is 3.56. The fourth-order valence-corrected chi connectivity index (χ4v) is 2.56. The van der Waals surface area contributed by atoms with E-state index in [9.17, 15) is 4.39 Å². The number of rotatable bonds is 2. The molecule has 17 heavy (non-hydrogen) atoms. The van der Waals surface area contributed by atoms with Crippen molar-refractivity contribution in [3.63, 3.8) is 0 Å². The van der Waals surface area contributed by atoms with Crippen LogP contribution in [-0.4, -0.2) is 0 Å². The van der Waals surface area contributed by atoms with Gasteiger partial charge in [0.05, 0.1) is 6.07 Å². The first kappa shape index (κ1) is 11.9. The van der Waals surface area contributed by atoms with Crippen LogP contribution in [0, 0.1) is 23.1 Å². The van der Waals surface area contributed by atoms with Gasteiger partial charge in [0.1, 0.15) is 5.82 Å². The van der Waals surface area contributed by atoms with Gasteiger partial charge in [-0.05, 0) is 55.2 Å². The average Bonchev–Trinajstić information content (AvgIpc) is 2.38. The van der Waals surface area contributed by atoms with Gasteiger partial charge in [0.25, 0.3) is 0 Å². The summed E-state index contributed by atoms with van der Waals surface area (Å²) in [6, 6.07) is 8.91. The lowest BCUT2D eigenvalue weighted by Crippen LogP contribution is -2.11. The molecule has 1 aromatic carbocycles. The van der Waals surface area contributed by atoms with Crippen LogP contribution in [0.1, 0.15) is 37.2 Å². The van der Waals surface area contributed by atoms with Crippen molar-refractivity contribution >= 4 is 0 Å². The predicted molar refractivity (Wildman–Crippen MR) is 65.9 cm³/mol. The minimum Gasteiger partial charge on any atom is -0.207 e. The van der Waals surface area contributed by atoms with Crippen molar-refractivity contribution in [2.75, 3.05) is 0 Å². The molecule has 0 saturated heterocycles. The second kappa shape index (κ2) is 5.63. The van der Waals surface area contributed by atoms with Gasteiger partial charge in [0, 0.05) is 6.08 Å². The monoisotopic (exact) mass is 229 g/mol. The van der Waals surface area contributed by atoms with Crippen LogP contribution >= 0.6 is 0 Å². The summed E-state index contributed by atoms with van der Waals surface area (Å²) in [4.78, 5) is 0. The van der Waals surface area contributed by atoms with Crippen molar-refractivity contribution in [2.45, 2.75) is 31.6 Å². The summed E-state index contributed by atoms with van der Waals surface area (Å²) in [5.74, 6) is 0.938. The predicted octanol–water partition coefficient (Wildman–Crippen LogP) is 4.18. The molecule has 0 N–H and O–H groups in total. The van der Waals surface area contributed by atoms with E-state index in [0.29, 0.717) is 11.8 Å². The minimum atomic E-state index is -0.167. The molecule has 2 rings (SSSR count). The third-order valence-corrected chi connectivity index (χ3v) is 3.56. The third kappa shape index (κ3) is 3.17. The van der Waals surface area contributed by atoms with Crippen molar-refractivity contribution in [1.29, 1.82) is 5.26 Å². The summed E-state index contributed by atoms with van der Waals surface area (Å²) < 4.78 is 12.8. The Morgan fingerprint density at radius 1 is 1.12 bits per heavy atom. The molecule has 0 heterocycles. The summed E-state index contributed by atoms with van der Waals surface area (Å²) in [5.41, 5.74) is 1.24. The summed E-state index contributed by atoms with van der Waals surface area (Å²) in [5, 5.41) is 8.48. The standard InChI is InChI=1S/C15H16FN/c16-15-9-7-14(8-10-15)13-5-3-12(4-6-13)2-1-11-17/h1-2,7-10,12-13H,3-6H2/t12-,13-. The molecule has 0 aromatic heterocycles. The van der Waals surface area contributed by atoms with E-state index >= 15 is 0 Å². The Balaban J connectivity index is 1.93. The Morgan fingerprint density at radius 3 is 2.35 bits per heavy atom. The zero-order chi connectivity index (χ0) is 12.1. The average molecular weight is 229 g/mol. The second-order valence-electron chi connectivity index (χ2n) is 4.65. The number of hydrogen-bond donors (Lipinski definition) is 0. The Morgan fingerprint density at radius 2 is 1.76 bits per heavy atom. The molecule has 0 bridgehead atoms. The van der Waals surface area contributed by atoms with Crippen LogP contribution in [0.5, 0.6) is 0 Å². The van der Waals surface area contributed by atoms with Crippen LogP contribution in [0.2, 0.25) is 0 Å². The number of allylic oxidation sites excluding steroid dienone is 2. The van der Waals surface area contributed by atoms with Crippen LogP contribution in [0.3, 0.4) is 0 Å². The molecule has 1 aliphatic carbocycles. The highest BCUT2D eigenvalue weighted by Gasteiger charge is 2.20. The number of nitriles is 1. The Labute approximate surface area is 102 Å². The smallest absolute Gasteiger partial charge is 0.123 e. The van der Waals surface area contributed by atoms with Crippen LogP contribution < -0.4 is 0 Å². The summed E-state index contributed by atoms with van der Waals surface area (Å²) in [6.45, 7) is 0. The highest BCUT2D eigenvalue weighted by Crippen LogP contribution is 2.36. The normalized spacial score (nSPS) is 24.7. The summed E-state index contributed by atoms with van der Waals surface area (Å²) >= 11 is 0. The Hall–Kier alpha value is -1.62. The van der Waals surface area contributed by atoms with Crippen molar-refractivity contribution in [3.05, 3.63) is 47.8 Å². The summed E-state index contributed by atoms with van der Waals surface area (Å²) in [7, 11) is 0. The van der Waals surface area contributed by atoms with E-state index in [1.54, 1.807) is 6.08 Å². The van der Waals surface area contributed by atoms with Gasteiger partial charge < -0.3 is 0 Å². The molecular weight excluding hydrogens is 213 g/mol. The summed E-state index contributed by atoms with van der Waals surface area (Å²) in [6.07, 6.45) is 8.11. The van der Waals surface area contributed by atoms with E-state index in [-0.39, 0.29) is 5.82 Å². The molecule has 1 aromatic rings. The molecule has 1 aliphatic rings. The van der Waals surface area contributed by atoms with Gasteiger partial charge in [-0.3, -0.25) is 0 Å². The van der Waals surface area contributed by atoms with Gasteiger partial charge in [-0.25, -0.2) is 4.39 Å². The lowest BCUT2D eigenvalue weighted by atomic mass is 9.78. The van der Waals surface area contributed by atoms with Crippen molar-refractivity contribution < 1.29 is 4.39 Å². The largest absolute Gasteiger partial charge is 0.207 e. The number of nitrogens with zero attached hydrogens (tertiary/aromatic N) is 1. The molecule has 88 valence electrons. The first-order chi connectivity index (χ1) is 8.29. The van der Waals surface area contributed by atoms with E-state index in [1.807, 2.05) is 24.3 Å². The van der Waals surface area contributed by atoms with E-state index in [1.165, 1.54) is 17.7 Å². The highest BCUT2D eigenvalue weighted by atomic mass is 19.1. The maximum Gasteiger partial charge on any atom is 0.123 e. The van der Waals surface area contributed by atoms with Crippen molar-refractivity contribution in [1.82, 2.24) is 0 Å². The SMILES string of the molecule is N#CC=C[C@H]1CC[C@H](c2ccc(F)cc2)CC1. The fourth-order valence-electron chi connectivity index (χ4n) is 2.56. The van der Waals surface area contributed by atoms with Crippen LogP contribution in [-0.2, 0) is 0 Å². The van der Waals surface area contributed by atoms with Gasteiger partial charge >= 0.3 is 0 Å². The van der Waals surface area contributed by atoms with E-state index in [0.717, 1.165) is 25.7 Å².